The normalized spacial score (nSPS) is 18.1. The lowest BCUT2D eigenvalue weighted by atomic mass is 10.1. The first-order valence-electron chi connectivity index (χ1n) is 5.99. The third-order valence-corrected chi connectivity index (χ3v) is 2.78. The Morgan fingerprint density at radius 3 is 2.33 bits per heavy atom. The summed E-state index contributed by atoms with van der Waals surface area (Å²) in [6.07, 6.45) is -0.591. The van der Waals surface area contributed by atoms with E-state index in [4.69, 9.17) is 10.8 Å². The Labute approximate surface area is 119 Å². The Balaban J connectivity index is 2.69. The van der Waals surface area contributed by atoms with E-state index in [1.54, 1.807) is 0 Å². The number of carbonyl (C=O) groups is 5. The van der Waals surface area contributed by atoms with Crippen molar-refractivity contribution in [1.82, 2.24) is 15.5 Å². The number of hydrogen-bond acceptors (Lipinski definition) is 5. The highest BCUT2D eigenvalue weighted by molar-refractivity contribution is 6.08. The third-order valence-electron chi connectivity index (χ3n) is 2.78. The Morgan fingerprint density at radius 1 is 1.38 bits per heavy atom. The molecule has 1 rings (SSSR count). The number of carboxylic acids is 1. The number of primary amides is 1. The van der Waals surface area contributed by atoms with Crippen LogP contribution < -0.4 is 16.4 Å². The number of nitrogens with two attached hydrogens (primary N) is 1. The number of urea groups is 1. The van der Waals surface area contributed by atoms with Gasteiger partial charge in [-0.1, -0.05) is 0 Å². The molecule has 10 nitrogen and oxygen atoms in total. The van der Waals surface area contributed by atoms with Crippen molar-refractivity contribution >= 4 is 29.7 Å². The molecule has 10 heteroatoms. The molecule has 5 amide bonds. The van der Waals surface area contributed by atoms with Gasteiger partial charge < -0.3 is 21.5 Å². The van der Waals surface area contributed by atoms with E-state index in [9.17, 15) is 24.0 Å². The summed E-state index contributed by atoms with van der Waals surface area (Å²) in [5, 5.41) is 13.2. The lowest BCUT2D eigenvalue weighted by Crippen LogP contribution is -2.48. The number of carboxylic acid groups (broad SMARTS) is 1. The SMILES string of the molecule is CC1(C)NC(=O)N(CC(=O)NC(CC(N)=O)C(=O)O)C1=O. The minimum atomic E-state index is -1.51. The van der Waals surface area contributed by atoms with Gasteiger partial charge in [-0.15, -0.1) is 0 Å². The van der Waals surface area contributed by atoms with Crippen LogP contribution in [-0.2, 0) is 19.2 Å². The van der Waals surface area contributed by atoms with Gasteiger partial charge in [0.1, 0.15) is 18.1 Å². The van der Waals surface area contributed by atoms with E-state index < -0.39 is 54.3 Å². The number of nitrogens with zero attached hydrogens (tertiary/aromatic N) is 1. The van der Waals surface area contributed by atoms with Gasteiger partial charge in [0.2, 0.25) is 11.8 Å². The molecule has 1 aliphatic rings. The molecule has 116 valence electrons. The average Bonchev–Trinajstić information content (AvgIpc) is 2.50. The summed E-state index contributed by atoms with van der Waals surface area (Å²) in [6, 6.07) is -2.26. The molecule has 0 aliphatic carbocycles. The van der Waals surface area contributed by atoms with E-state index in [1.165, 1.54) is 13.8 Å². The van der Waals surface area contributed by atoms with Gasteiger partial charge in [0.15, 0.2) is 0 Å². The maximum atomic E-state index is 11.8. The van der Waals surface area contributed by atoms with Gasteiger partial charge in [-0.2, -0.15) is 0 Å². The molecule has 0 bridgehead atoms. The van der Waals surface area contributed by atoms with Crippen molar-refractivity contribution < 1.29 is 29.1 Å². The average molecular weight is 300 g/mol. The second kappa shape index (κ2) is 5.77. The third kappa shape index (κ3) is 3.91. The molecule has 0 saturated carbocycles. The monoisotopic (exact) mass is 300 g/mol. The van der Waals surface area contributed by atoms with E-state index in [1.807, 2.05) is 5.32 Å². The Morgan fingerprint density at radius 2 is 1.95 bits per heavy atom. The van der Waals surface area contributed by atoms with Crippen molar-refractivity contribution in [2.75, 3.05) is 6.54 Å². The number of nitrogens with one attached hydrogen (secondary N) is 2. The van der Waals surface area contributed by atoms with Crippen molar-refractivity contribution in [1.29, 1.82) is 0 Å². The van der Waals surface area contributed by atoms with E-state index in [2.05, 4.69) is 5.32 Å². The van der Waals surface area contributed by atoms with Crippen LogP contribution in [0.15, 0.2) is 0 Å². The van der Waals surface area contributed by atoms with Crippen LogP contribution in [0.2, 0.25) is 0 Å². The molecular weight excluding hydrogens is 284 g/mol. The van der Waals surface area contributed by atoms with Crippen LogP contribution in [0.5, 0.6) is 0 Å². The van der Waals surface area contributed by atoms with Gasteiger partial charge in [0.25, 0.3) is 5.91 Å². The highest BCUT2D eigenvalue weighted by atomic mass is 16.4. The van der Waals surface area contributed by atoms with Gasteiger partial charge >= 0.3 is 12.0 Å². The number of rotatable bonds is 6. The summed E-state index contributed by atoms with van der Waals surface area (Å²) in [6.45, 7) is 2.30. The molecule has 21 heavy (non-hydrogen) atoms. The first-order valence-corrected chi connectivity index (χ1v) is 5.99. The standard InChI is InChI=1S/C11H16N4O6/c1-11(2)9(20)15(10(21)14-11)4-7(17)13-5(8(18)19)3-6(12)16/h5H,3-4H2,1-2H3,(H2,12,16)(H,13,17)(H,14,21)(H,18,19). The van der Waals surface area contributed by atoms with Crippen LogP contribution >= 0.6 is 0 Å². The number of carbonyl (C=O) groups excluding carboxylic acids is 4. The lowest BCUT2D eigenvalue weighted by molar-refractivity contribution is -0.143. The second-order valence-electron chi connectivity index (χ2n) is 5.08. The molecule has 1 aliphatic heterocycles. The molecule has 1 unspecified atom stereocenters. The molecule has 0 aromatic rings. The summed E-state index contributed by atoms with van der Waals surface area (Å²) in [5.41, 5.74) is 3.74. The fraction of sp³-hybridized carbons (Fsp3) is 0.545. The summed E-state index contributed by atoms with van der Waals surface area (Å²) < 4.78 is 0. The fourth-order valence-corrected chi connectivity index (χ4v) is 1.75. The topological polar surface area (TPSA) is 159 Å². The fourth-order valence-electron chi connectivity index (χ4n) is 1.75. The number of hydrogen-bond donors (Lipinski definition) is 4. The predicted molar refractivity (Wildman–Crippen MR) is 67.7 cm³/mol. The van der Waals surface area contributed by atoms with Gasteiger partial charge in [0, 0.05) is 0 Å². The quantitative estimate of drug-likeness (QED) is 0.406. The predicted octanol–water partition coefficient (Wildman–Crippen LogP) is -2.24. The molecule has 0 aromatic carbocycles. The molecule has 0 spiro atoms. The first-order chi connectivity index (χ1) is 9.54. The van der Waals surface area contributed by atoms with Crippen molar-refractivity contribution in [3.63, 3.8) is 0 Å². The molecule has 1 heterocycles. The van der Waals surface area contributed by atoms with E-state index in [0.717, 1.165) is 0 Å². The van der Waals surface area contributed by atoms with Crippen LogP contribution in [0.3, 0.4) is 0 Å². The van der Waals surface area contributed by atoms with Crippen LogP contribution in [0.25, 0.3) is 0 Å². The maximum absolute atomic E-state index is 11.8. The Bertz CT molecular complexity index is 515. The summed E-state index contributed by atoms with van der Waals surface area (Å²) >= 11 is 0. The van der Waals surface area contributed by atoms with Crippen molar-refractivity contribution in [2.45, 2.75) is 31.8 Å². The van der Waals surface area contributed by atoms with Gasteiger partial charge in [0.05, 0.1) is 6.42 Å². The molecule has 0 aromatic heterocycles. The number of amides is 5. The minimum absolute atomic E-state index is 0.591. The van der Waals surface area contributed by atoms with Gasteiger partial charge in [-0.3, -0.25) is 19.3 Å². The largest absolute Gasteiger partial charge is 0.480 e. The highest BCUT2D eigenvalue weighted by Crippen LogP contribution is 2.15. The van der Waals surface area contributed by atoms with Crippen molar-refractivity contribution in [3.05, 3.63) is 0 Å². The Hall–Kier alpha value is -2.65. The van der Waals surface area contributed by atoms with Crippen molar-refractivity contribution in [3.8, 4) is 0 Å². The zero-order valence-electron chi connectivity index (χ0n) is 11.5. The second-order valence-corrected chi connectivity index (χ2v) is 5.08. The minimum Gasteiger partial charge on any atom is -0.480 e. The zero-order chi connectivity index (χ0) is 16.4. The highest BCUT2D eigenvalue weighted by Gasteiger charge is 2.45. The summed E-state index contributed by atoms with van der Waals surface area (Å²) in [5.74, 6) is -3.84. The van der Waals surface area contributed by atoms with Crippen LogP contribution in [0, 0.1) is 0 Å². The molecule has 0 radical (unpaired) electrons. The zero-order valence-corrected chi connectivity index (χ0v) is 11.5. The maximum Gasteiger partial charge on any atom is 0.326 e. The van der Waals surface area contributed by atoms with Crippen LogP contribution in [-0.4, -0.2) is 57.9 Å². The molecule has 1 saturated heterocycles. The van der Waals surface area contributed by atoms with E-state index >= 15 is 0 Å². The van der Waals surface area contributed by atoms with Crippen LogP contribution in [0.4, 0.5) is 4.79 Å². The summed E-state index contributed by atoms with van der Waals surface area (Å²) in [7, 11) is 0. The smallest absolute Gasteiger partial charge is 0.326 e. The number of imide groups is 1. The molecule has 1 atom stereocenters. The van der Waals surface area contributed by atoms with Crippen molar-refractivity contribution in [2.24, 2.45) is 5.73 Å². The van der Waals surface area contributed by atoms with E-state index in [-0.39, 0.29) is 0 Å². The molecular formula is C11H16N4O6. The Kier molecular flexibility index (Phi) is 4.51. The first kappa shape index (κ1) is 16.4. The summed E-state index contributed by atoms with van der Waals surface area (Å²) in [4.78, 5) is 57.3. The van der Waals surface area contributed by atoms with Crippen LogP contribution in [0.1, 0.15) is 20.3 Å². The number of aliphatic carboxylic acids is 1. The lowest BCUT2D eigenvalue weighted by Gasteiger charge is -2.17. The molecule has 1 fully saturated rings. The van der Waals surface area contributed by atoms with E-state index in [0.29, 0.717) is 4.90 Å². The van der Waals surface area contributed by atoms with Gasteiger partial charge in [-0.05, 0) is 13.8 Å². The molecule has 5 N–H and O–H groups in total. The van der Waals surface area contributed by atoms with Gasteiger partial charge in [-0.25, -0.2) is 9.59 Å².